The zero-order valence-corrected chi connectivity index (χ0v) is 23.4. The highest BCUT2D eigenvalue weighted by Crippen LogP contribution is 2.32. The van der Waals surface area contributed by atoms with Crippen LogP contribution in [0.3, 0.4) is 0 Å². The maximum absolute atomic E-state index is 14.1. The third kappa shape index (κ3) is 5.00. The summed E-state index contributed by atoms with van der Waals surface area (Å²) in [7, 11) is 1.59. The van der Waals surface area contributed by atoms with Crippen molar-refractivity contribution >= 4 is 34.2 Å². The first-order valence-electron chi connectivity index (χ1n) is 12.8. The number of fused-ring (bicyclic) bond motifs is 2. The summed E-state index contributed by atoms with van der Waals surface area (Å²) >= 11 is 1.29. The Bertz CT molecular complexity index is 1760. The van der Waals surface area contributed by atoms with Crippen molar-refractivity contribution in [1.82, 2.24) is 4.57 Å². The van der Waals surface area contributed by atoms with Crippen molar-refractivity contribution in [2.45, 2.75) is 39.8 Å². The van der Waals surface area contributed by atoms with Gasteiger partial charge in [0.25, 0.3) is 5.56 Å². The van der Waals surface area contributed by atoms with Crippen LogP contribution >= 0.6 is 11.3 Å². The number of nitrogens with zero attached hydrogens (tertiary/aromatic N) is 2. The summed E-state index contributed by atoms with van der Waals surface area (Å²) in [5.41, 5.74) is 2.22. The molecule has 39 heavy (non-hydrogen) atoms. The fourth-order valence-electron chi connectivity index (χ4n) is 4.81. The number of carbonyl (C=O) groups is 1. The van der Waals surface area contributed by atoms with E-state index >= 15 is 0 Å². The smallest absolute Gasteiger partial charge is 0.338 e. The molecule has 1 aliphatic heterocycles. The van der Waals surface area contributed by atoms with Crippen LogP contribution in [0.15, 0.2) is 81.7 Å². The zero-order valence-electron chi connectivity index (χ0n) is 22.6. The molecule has 4 aromatic rings. The molecule has 0 unspecified atom stereocenters. The molecule has 1 aromatic heterocycles. The van der Waals surface area contributed by atoms with Crippen molar-refractivity contribution in [1.29, 1.82) is 0 Å². The van der Waals surface area contributed by atoms with E-state index in [4.69, 9.17) is 14.2 Å². The molecule has 3 aromatic carbocycles. The molecule has 0 saturated carbocycles. The van der Waals surface area contributed by atoms with E-state index in [1.54, 1.807) is 25.5 Å². The number of hydrogen-bond donors (Lipinski definition) is 0. The highest BCUT2D eigenvalue weighted by Gasteiger charge is 2.33. The van der Waals surface area contributed by atoms with Gasteiger partial charge in [-0.15, -0.1) is 0 Å². The number of benzene rings is 3. The molecule has 2 heterocycles. The van der Waals surface area contributed by atoms with Crippen LogP contribution in [0.1, 0.15) is 44.9 Å². The van der Waals surface area contributed by atoms with Crippen molar-refractivity contribution in [2.24, 2.45) is 4.99 Å². The number of rotatable bonds is 7. The van der Waals surface area contributed by atoms with Crippen LogP contribution in [-0.2, 0) is 9.53 Å². The SMILES string of the molecule is CCOC(=O)C1=C(C)N=c2s/c(=C\c3c(OC(C)C)ccc4ccccc34)c(=O)n2[C@H]1c1ccc(OC)cc1. The summed E-state index contributed by atoms with van der Waals surface area (Å²) in [6.45, 7) is 7.70. The van der Waals surface area contributed by atoms with Gasteiger partial charge in [0.05, 0.1) is 41.7 Å². The van der Waals surface area contributed by atoms with Crippen LogP contribution in [0, 0.1) is 0 Å². The van der Waals surface area contributed by atoms with E-state index in [1.807, 2.05) is 80.6 Å². The highest BCUT2D eigenvalue weighted by atomic mass is 32.1. The van der Waals surface area contributed by atoms with Crippen LogP contribution in [0.4, 0.5) is 0 Å². The monoisotopic (exact) mass is 542 g/mol. The molecule has 0 aliphatic carbocycles. The number of hydrogen-bond acceptors (Lipinski definition) is 7. The molecule has 200 valence electrons. The topological polar surface area (TPSA) is 79.1 Å². The number of allylic oxidation sites excluding steroid dienone is 1. The number of aromatic nitrogens is 1. The van der Waals surface area contributed by atoms with Gasteiger partial charge in [-0.3, -0.25) is 9.36 Å². The Balaban J connectivity index is 1.76. The van der Waals surface area contributed by atoms with Crippen LogP contribution in [0.2, 0.25) is 0 Å². The Morgan fingerprint density at radius 1 is 1.10 bits per heavy atom. The lowest BCUT2D eigenvalue weighted by atomic mass is 9.96. The Kier molecular flexibility index (Phi) is 7.39. The third-order valence-electron chi connectivity index (χ3n) is 6.52. The first-order chi connectivity index (χ1) is 18.8. The summed E-state index contributed by atoms with van der Waals surface area (Å²) in [4.78, 5) is 32.4. The van der Waals surface area contributed by atoms with E-state index < -0.39 is 12.0 Å². The molecule has 1 atom stereocenters. The van der Waals surface area contributed by atoms with Crippen LogP contribution < -0.4 is 24.4 Å². The van der Waals surface area contributed by atoms with Crippen molar-refractivity contribution in [3.05, 3.63) is 103 Å². The van der Waals surface area contributed by atoms with Gasteiger partial charge in [-0.05, 0) is 68.3 Å². The van der Waals surface area contributed by atoms with Gasteiger partial charge in [-0.25, -0.2) is 9.79 Å². The summed E-state index contributed by atoms with van der Waals surface area (Å²) in [5.74, 6) is 0.887. The van der Waals surface area contributed by atoms with Gasteiger partial charge in [-0.2, -0.15) is 0 Å². The van der Waals surface area contributed by atoms with Crippen LogP contribution in [0.25, 0.3) is 16.8 Å². The molecule has 7 nitrogen and oxygen atoms in total. The first kappa shape index (κ1) is 26.4. The number of thiazole rings is 1. The van der Waals surface area contributed by atoms with E-state index in [1.165, 1.54) is 11.3 Å². The largest absolute Gasteiger partial charge is 0.497 e. The summed E-state index contributed by atoms with van der Waals surface area (Å²) in [5, 5.41) is 2.03. The minimum absolute atomic E-state index is 0.0376. The maximum Gasteiger partial charge on any atom is 0.338 e. The predicted molar refractivity (Wildman–Crippen MR) is 153 cm³/mol. The van der Waals surface area contributed by atoms with Gasteiger partial charge >= 0.3 is 5.97 Å². The second kappa shape index (κ2) is 10.9. The number of ether oxygens (including phenoxy) is 3. The fourth-order valence-corrected chi connectivity index (χ4v) is 5.83. The van der Waals surface area contributed by atoms with E-state index in [0.29, 0.717) is 32.1 Å². The molecule has 0 bridgehead atoms. The van der Waals surface area contributed by atoms with Gasteiger partial charge < -0.3 is 14.2 Å². The lowest BCUT2D eigenvalue weighted by Gasteiger charge is -2.24. The van der Waals surface area contributed by atoms with Gasteiger partial charge in [0.1, 0.15) is 11.5 Å². The molecule has 0 fully saturated rings. The van der Waals surface area contributed by atoms with E-state index in [9.17, 15) is 9.59 Å². The molecule has 0 radical (unpaired) electrons. The number of methoxy groups -OCH3 is 1. The van der Waals surface area contributed by atoms with Gasteiger partial charge in [-0.1, -0.05) is 53.8 Å². The summed E-state index contributed by atoms with van der Waals surface area (Å²) in [6, 6.07) is 18.6. The lowest BCUT2D eigenvalue weighted by Crippen LogP contribution is -2.39. The Labute approximate surface area is 230 Å². The Morgan fingerprint density at radius 3 is 2.54 bits per heavy atom. The minimum atomic E-state index is -0.688. The van der Waals surface area contributed by atoms with E-state index in [2.05, 4.69) is 4.99 Å². The highest BCUT2D eigenvalue weighted by molar-refractivity contribution is 7.07. The standard InChI is InChI=1S/C31H30N2O5S/c1-6-37-30(35)27-19(4)32-31-33(28(27)21-11-14-22(36-5)15-12-21)29(34)26(39-31)17-24-23-10-8-7-9-20(23)13-16-25(24)38-18(2)3/h7-18,28H,6H2,1-5H3/b26-17-/t28-/m0/s1. The average Bonchev–Trinajstić information content (AvgIpc) is 3.23. The Hall–Kier alpha value is -4.17. The molecule has 1 aliphatic rings. The molecule has 0 spiro atoms. The normalized spacial score (nSPS) is 15.3. The average molecular weight is 543 g/mol. The summed E-state index contributed by atoms with van der Waals surface area (Å²) < 4.78 is 18.9. The van der Waals surface area contributed by atoms with Gasteiger partial charge in [0, 0.05) is 5.56 Å². The van der Waals surface area contributed by atoms with Crippen LogP contribution in [-0.4, -0.2) is 30.4 Å². The molecular weight excluding hydrogens is 512 g/mol. The maximum atomic E-state index is 14.1. The van der Waals surface area contributed by atoms with Crippen molar-refractivity contribution in [3.63, 3.8) is 0 Å². The Morgan fingerprint density at radius 2 is 1.85 bits per heavy atom. The first-order valence-corrected chi connectivity index (χ1v) is 13.7. The molecule has 8 heteroatoms. The molecule has 0 saturated heterocycles. The van der Waals surface area contributed by atoms with Gasteiger partial charge in [0.2, 0.25) is 0 Å². The molecule has 0 amide bonds. The molecule has 5 rings (SSSR count). The number of esters is 1. The quantitative estimate of drug-likeness (QED) is 0.315. The predicted octanol–water partition coefficient (Wildman–Crippen LogP) is 4.75. The van der Waals surface area contributed by atoms with E-state index in [0.717, 1.165) is 21.9 Å². The van der Waals surface area contributed by atoms with E-state index in [-0.39, 0.29) is 18.3 Å². The summed E-state index contributed by atoms with van der Waals surface area (Å²) in [6.07, 6.45) is 1.84. The van der Waals surface area contributed by atoms with Crippen molar-refractivity contribution in [3.8, 4) is 11.5 Å². The second-order valence-corrected chi connectivity index (χ2v) is 10.4. The number of carbonyl (C=O) groups excluding carboxylic acids is 1. The lowest BCUT2D eigenvalue weighted by molar-refractivity contribution is -0.139. The second-order valence-electron chi connectivity index (χ2n) is 9.44. The van der Waals surface area contributed by atoms with Gasteiger partial charge in [0.15, 0.2) is 4.80 Å². The molecular formula is C31H30N2O5S. The van der Waals surface area contributed by atoms with Crippen molar-refractivity contribution in [2.75, 3.05) is 13.7 Å². The van der Waals surface area contributed by atoms with Crippen LogP contribution in [0.5, 0.6) is 11.5 Å². The van der Waals surface area contributed by atoms with Crippen molar-refractivity contribution < 1.29 is 19.0 Å². The fraction of sp³-hybridized carbons (Fsp3) is 0.258. The third-order valence-corrected chi connectivity index (χ3v) is 7.50. The zero-order chi connectivity index (χ0) is 27.7. The molecule has 0 N–H and O–H groups in total. The minimum Gasteiger partial charge on any atom is -0.497 e.